The quantitative estimate of drug-likeness (QED) is 0.352. The van der Waals surface area contributed by atoms with E-state index in [9.17, 15) is 5.11 Å². The minimum absolute atomic E-state index is 0.0369. The molecule has 4 atom stereocenters. The molecular formula is C31H36O6. The molecule has 1 aliphatic rings. The third kappa shape index (κ3) is 6.27. The van der Waals surface area contributed by atoms with Crippen molar-refractivity contribution in [3.05, 3.63) is 89.5 Å². The number of benzene rings is 3. The van der Waals surface area contributed by atoms with E-state index >= 15 is 0 Å². The van der Waals surface area contributed by atoms with Crippen molar-refractivity contribution in [3.8, 4) is 23.0 Å². The molecule has 0 spiro atoms. The topological polar surface area (TPSA) is 66.4 Å². The van der Waals surface area contributed by atoms with E-state index in [1.807, 2.05) is 54.6 Å². The van der Waals surface area contributed by atoms with Gasteiger partial charge in [0.2, 0.25) is 0 Å². The number of methoxy groups -OCH3 is 4. The molecule has 1 heterocycles. The molecule has 0 unspecified atom stereocenters. The van der Waals surface area contributed by atoms with E-state index in [0.717, 1.165) is 29.5 Å². The number of allylic oxidation sites excluding steroid dienone is 1. The highest BCUT2D eigenvalue weighted by molar-refractivity contribution is 5.56. The fraction of sp³-hybridized carbons (Fsp3) is 0.355. The number of aliphatic hydroxyl groups excluding tert-OH is 1. The summed E-state index contributed by atoms with van der Waals surface area (Å²) >= 11 is 0. The van der Waals surface area contributed by atoms with Crippen LogP contribution >= 0.6 is 0 Å². The second-order valence-electron chi connectivity index (χ2n) is 9.23. The van der Waals surface area contributed by atoms with Gasteiger partial charge < -0.3 is 28.8 Å². The Kier molecular flexibility index (Phi) is 9.09. The molecule has 1 saturated heterocycles. The average Bonchev–Trinajstić information content (AvgIpc) is 2.96. The predicted octanol–water partition coefficient (Wildman–Crippen LogP) is 6.25. The minimum atomic E-state index is -0.672. The van der Waals surface area contributed by atoms with Crippen LogP contribution in [0.2, 0.25) is 0 Å². The number of hydrogen-bond acceptors (Lipinski definition) is 6. The Bertz CT molecular complexity index is 1180. The summed E-state index contributed by atoms with van der Waals surface area (Å²) in [5, 5.41) is 11.3. The van der Waals surface area contributed by atoms with Crippen LogP contribution in [-0.2, 0) is 4.74 Å². The summed E-state index contributed by atoms with van der Waals surface area (Å²) in [7, 11) is 6.47. The molecule has 3 aromatic carbocycles. The van der Waals surface area contributed by atoms with E-state index in [1.165, 1.54) is 0 Å². The lowest BCUT2D eigenvalue weighted by Crippen LogP contribution is -2.32. The lowest BCUT2D eigenvalue weighted by atomic mass is 9.79. The predicted molar refractivity (Wildman–Crippen MR) is 144 cm³/mol. The Morgan fingerprint density at radius 1 is 0.838 bits per heavy atom. The van der Waals surface area contributed by atoms with Gasteiger partial charge in [0.1, 0.15) is 0 Å². The van der Waals surface area contributed by atoms with Gasteiger partial charge in [0.05, 0.1) is 47.3 Å². The first kappa shape index (κ1) is 26.6. The van der Waals surface area contributed by atoms with Crippen LogP contribution in [0.15, 0.2) is 72.8 Å². The Labute approximate surface area is 219 Å². The van der Waals surface area contributed by atoms with Gasteiger partial charge >= 0.3 is 0 Å². The second-order valence-corrected chi connectivity index (χ2v) is 9.23. The molecule has 0 radical (unpaired) electrons. The third-order valence-electron chi connectivity index (χ3n) is 7.00. The van der Waals surface area contributed by atoms with Crippen molar-refractivity contribution < 1.29 is 28.8 Å². The van der Waals surface area contributed by atoms with Crippen molar-refractivity contribution in [2.24, 2.45) is 11.8 Å². The molecule has 196 valence electrons. The van der Waals surface area contributed by atoms with Crippen molar-refractivity contribution >= 4 is 6.08 Å². The monoisotopic (exact) mass is 504 g/mol. The van der Waals surface area contributed by atoms with Crippen LogP contribution in [-0.4, -0.2) is 40.2 Å². The zero-order valence-electron chi connectivity index (χ0n) is 21.9. The van der Waals surface area contributed by atoms with Crippen LogP contribution in [0.4, 0.5) is 0 Å². The van der Waals surface area contributed by atoms with Crippen molar-refractivity contribution in [2.45, 2.75) is 25.0 Å². The van der Waals surface area contributed by atoms with Crippen LogP contribution in [0, 0.1) is 11.8 Å². The lowest BCUT2D eigenvalue weighted by molar-refractivity contribution is -0.0900. The molecule has 0 saturated carbocycles. The highest BCUT2D eigenvalue weighted by atomic mass is 16.5. The van der Waals surface area contributed by atoms with Gasteiger partial charge in [-0.3, -0.25) is 0 Å². The number of hydrogen-bond donors (Lipinski definition) is 1. The Morgan fingerprint density at radius 3 is 2.16 bits per heavy atom. The maximum atomic E-state index is 11.3. The van der Waals surface area contributed by atoms with Gasteiger partial charge in [-0.1, -0.05) is 54.6 Å². The van der Waals surface area contributed by atoms with Crippen molar-refractivity contribution in [2.75, 3.05) is 35.0 Å². The first-order valence-electron chi connectivity index (χ1n) is 12.5. The molecule has 1 aliphatic heterocycles. The highest BCUT2D eigenvalue weighted by Gasteiger charge is 2.35. The summed E-state index contributed by atoms with van der Waals surface area (Å²) in [6, 6.07) is 21.8. The highest BCUT2D eigenvalue weighted by Crippen LogP contribution is 2.43. The van der Waals surface area contributed by atoms with Crippen LogP contribution < -0.4 is 18.9 Å². The summed E-state index contributed by atoms with van der Waals surface area (Å²) in [4.78, 5) is 0. The average molecular weight is 505 g/mol. The summed E-state index contributed by atoms with van der Waals surface area (Å²) in [5.74, 6) is 2.81. The van der Waals surface area contributed by atoms with Gasteiger partial charge in [-0.25, -0.2) is 0 Å². The van der Waals surface area contributed by atoms with Gasteiger partial charge in [0.25, 0.3) is 0 Å². The first-order chi connectivity index (χ1) is 18.1. The third-order valence-corrected chi connectivity index (χ3v) is 7.00. The molecule has 0 aliphatic carbocycles. The molecular weight excluding hydrogens is 468 g/mol. The summed E-state index contributed by atoms with van der Waals surface area (Å²) in [6.07, 6.45) is 5.20. The van der Waals surface area contributed by atoms with E-state index in [0.29, 0.717) is 29.6 Å². The van der Waals surface area contributed by atoms with Gasteiger partial charge in [0, 0.05) is 5.92 Å². The van der Waals surface area contributed by atoms with Crippen molar-refractivity contribution in [3.63, 3.8) is 0 Å². The SMILES string of the molecule is COc1ccc(/C=C/C[C@@H]2C[C@@H]([C@@H](O)c3ccc(OC)c(OC)c3)CO[C@H]2c2ccccc2)cc1OC. The van der Waals surface area contributed by atoms with Crippen molar-refractivity contribution in [1.29, 1.82) is 0 Å². The standard InChI is InChI=1S/C31H36O6/c1-33-26-15-13-21(17-28(26)35-3)9-8-12-24-18-25(20-37-31(24)22-10-6-5-7-11-22)30(32)23-14-16-27(34-2)29(19-23)36-4/h5-11,13-17,19,24-25,30-32H,12,18,20H2,1-4H3/b9-8+/t24-,25-,30+,31+/m1/s1. The molecule has 37 heavy (non-hydrogen) atoms. The second kappa shape index (κ2) is 12.7. The Morgan fingerprint density at radius 2 is 1.49 bits per heavy atom. The Balaban J connectivity index is 1.53. The van der Waals surface area contributed by atoms with Gasteiger partial charge in [-0.15, -0.1) is 0 Å². The van der Waals surface area contributed by atoms with E-state index in [4.69, 9.17) is 23.7 Å². The van der Waals surface area contributed by atoms with E-state index in [2.05, 4.69) is 24.3 Å². The van der Waals surface area contributed by atoms with Crippen LogP contribution in [0.3, 0.4) is 0 Å². The number of ether oxygens (including phenoxy) is 5. The van der Waals surface area contributed by atoms with Gasteiger partial charge in [0.15, 0.2) is 23.0 Å². The molecule has 1 fully saturated rings. The minimum Gasteiger partial charge on any atom is -0.493 e. The molecule has 0 amide bonds. The maximum absolute atomic E-state index is 11.3. The van der Waals surface area contributed by atoms with Crippen LogP contribution in [0.5, 0.6) is 23.0 Å². The van der Waals surface area contributed by atoms with E-state index < -0.39 is 6.10 Å². The summed E-state index contributed by atoms with van der Waals surface area (Å²) in [5.41, 5.74) is 2.99. The molecule has 4 rings (SSSR count). The lowest BCUT2D eigenvalue weighted by Gasteiger charge is -2.38. The van der Waals surface area contributed by atoms with E-state index in [-0.39, 0.29) is 17.9 Å². The Hall–Kier alpha value is -3.48. The normalized spacial score (nSPS) is 20.4. The molecule has 1 N–H and O–H groups in total. The number of aliphatic hydroxyl groups is 1. The fourth-order valence-corrected chi connectivity index (χ4v) is 5.04. The van der Waals surface area contributed by atoms with Gasteiger partial charge in [-0.2, -0.15) is 0 Å². The van der Waals surface area contributed by atoms with Crippen LogP contribution in [0.25, 0.3) is 6.08 Å². The first-order valence-corrected chi connectivity index (χ1v) is 12.5. The van der Waals surface area contributed by atoms with E-state index in [1.54, 1.807) is 28.4 Å². The molecule has 3 aromatic rings. The smallest absolute Gasteiger partial charge is 0.161 e. The molecule has 6 nitrogen and oxygen atoms in total. The summed E-state index contributed by atoms with van der Waals surface area (Å²) in [6.45, 7) is 0.477. The molecule has 0 aromatic heterocycles. The maximum Gasteiger partial charge on any atom is 0.161 e. The largest absolute Gasteiger partial charge is 0.493 e. The van der Waals surface area contributed by atoms with Gasteiger partial charge in [-0.05, 0) is 59.7 Å². The zero-order valence-corrected chi connectivity index (χ0v) is 21.9. The van der Waals surface area contributed by atoms with Crippen molar-refractivity contribution in [1.82, 2.24) is 0 Å². The summed E-state index contributed by atoms with van der Waals surface area (Å²) < 4.78 is 28.0. The van der Waals surface area contributed by atoms with Crippen LogP contribution in [0.1, 0.15) is 41.7 Å². The zero-order chi connectivity index (χ0) is 26.2. The number of rotatable bonds is 10. The fourth-order valence-electron chi connectivity index (χ4n) is 5.04. The molecule has 6 heteroatoms. The molecule has 0 bridgehead atoms.